The van der Waals surface area contributed by atoms with Crippen LogP contribution in [0.4, 0.5) is 5.95 Å². The van der Waals surface area contributed by atoms with Crippen LogP contribution in [0.15, 0.2) is 0 Å². The molecule has 0 atom stereocenters. The Kier molecular flexibility index (Phi) is 2.64. The number of amides is 1. The van der Waals surface area contributed by atoms with Crippen molar-refractivity contribution in [3.05, 3.63) is 0 Å². The molecule has 0 spiro atoms. The second-order valence-corrected chi connectivity index (χ2v) is 2.61. The van der Waals surface area contributed by atoms with Crippen molar-refractivity contribution in [3.63, 3.8) is 0 Å². The fraction of sp³-hybridized carbons (Fsp3) is 0.250. The first-order chi connectivity index (χ1) is 5.74. The standard InChI is InChI=1S/C4H5N5O2S/c1-2(12-11)3(10)5-4-6-8-9-7-4/h1H3,(H2,5,6,7,8,9,10). The van der Waals surface area contributed by atoms with Gasteiger partial charge < -0.3 is 0 Å². The van der Waals surface area contributed by atoms with Crippen molar-refractivity contribution in [2.75, 3.05) is 5.32 Å². The number of tetrazole rings is 1. The molecule has 0 bridgehead atoms. The number of hydrogen-bond donors (Lipinski definition) is 2. The molecule has 8 heteroatoms. The molecule has 2 N–H and O–H groups in total. The van der Waals surface area contributed by atoms with Gasteiger partial charge in [-0.3, -0.25) is 10.1 Å². The monoisotopic (exact) mass is 187 g/mol. The fourth-order valence-electron chi connectivity index (χ4n) is 0.442. The lowest BCUT2D eigenvalue weighted by atomic mass is 10.4. The highest BCUT2D eigenvalue weighted by molar-refractivity contribution is 7.68. The summed E-state index contributed by atoms with van der Waals surface area (Å²) >= 11 is 0.123. The summed E-state index contributed by atoms with van der Waals surface area (Å²) in [6.45, 7) is 1.41. The van der Waals surface area contributed by atoms with Gasteiger partial charge in [0, 0.05) is 0 Å². The molecule has 1 aromatic rings. The molecule has 1 rings (SSSR count). The number of aromatic nitrogens is 4. The molecule has 0 aliphatic heterocycles. The predicted octanol–water partition coefficient (Wildman–Crippen LogP) is -1.46. The Balaban J connectivity index is 2.65. The smallest absolute Gasteiger partial charge is 0.270 e. The van der Waals surface area contributed by atoms with E-state index in [1.54, 1.807) is 0 Å². The quantitative estimate of drug-likeness (QED) is 0.551. The molecule has 0 aliphatic carbocycles. The van der Waals surface area contributed by atoms with E-state index in [-0.39, 0.29) is 22.1 Å². The minimum absolute atomic E-state index is 0.0494. The third-order valence-corrected chi connectivity index (χ3v) is 1.45. The van der Waals surface area contributed by atoms with Crippen LogP contribution in [0.25, 0.3) is 0 Å². The molecule has 0 unspecified atom stereocenters. The zero-order chi connectivity index (χ0) is 8.97. The van der Waals surface area contributed by atoms with E-state index >= 15 is 0 Å². The predicted molar refractivity (Wildman–Crippen MR) is 41.6 cm³/mol. The van der Waals surface area contributed by atoms with Gasteiger partial charge in [0.1, 0.15) is 4.86 Å². The number of hydrogen-bond acceptors (Lipinski definition) is 5. The van der Waals surface area contributed by atoms with Crippen LogP contribution in [0.1, 0.15) is 6.92 Å². The molecule has 0 radical (unpaired) electrons. The minimum Gasteiger partial charge on any atom is -0.287 e. The lowest BCUT2D eigenvalue weighted by Gasteiger charge is -1.94. The van der Waals surface area contributed by atoms with E-state index in [1.807, 2.05) is 0 Å². The molecule has 12 heavy (non-hydrogen) atoms. The van der Waals surface area contributed by atoms with Gasteiger partial charge in [-0.05, 0) is 12.1 Å². The lowest BCUT2D eigenvalue weighted by molar-refractivity contribution is -0.110. The second kappa shape index (κ2) is 3.72. The number of nitrogens with one attached hydrogen (secondary N) is 2. The molecule has 0 fully saturated rings. The van der Waals surface area contributed by atoms with E-state index < -0.39 is 5.91 Å². The topological polar surface area (TPSA) is 101 Å². The maximum atomic E-state index is 11.0. The summed E-state index contributed by atoms with van der Waals surface area (Å²) in [6, 6.07) is 0. The molecule has 0 aliphatic rings. The zero-order valence-electron chi connectivity index (χ0n) is 6.07. The summed E-state index contributed by atoms with van der Waals surface area (Å²) < 4.78 is 10.2. The van der Waals surface area contributed by atoms with Crippen molar-refractivity contribution in [2.24, 2.45) is 0 Å². The third kappa shape index (κ3) is 1.95. The number of carbonyl (C=O) groups excluding carboxylic acids is 1. The molecule has 1 amide bonds. The van der Waals surface area contributed by atoms with Crippen LogP contribution >= 0.6 is 0 Å². The van der Waals surface area contributed by atoms with E-state index in [2.05, 4.69) is 25.9 Å². The number of carbonyl (C=O) groups is 1. The summed E-state index contributed by atoms with van der Waals surface area (Å²) in [4.78, 5) is 11.0. The van der Waals surface area contributed by atoms with Gasteiger partial charge in [0.05, 0.1) is 11.3 Å². The maximum absolute atomic E-state index is 11.0. The van der Waals surface area contributed by atoms with Gasteiger partial charge in [-0.15, -0.1) is 5.10 Å². The highest BCUT2D eigenvalue weighted by Crippen LogP contribution is 1.89. The summed E-state index contributed by atoms with van der Waals surface area (Å²) in [7, 11) is 0. The van der Waals surface area contributed by atoms with E-state index in [0.29, 0.717) is 0 Å². The highest BCUT2D eigenvalue weighted by atomic mass is 32.1. The molecule has 7 nitrogen and oxygen atoms in total. The van der Waals surface area contributed by atoms with E-state index in [1.165, 1.54) is 6.92 Å². The first-order valence-electron chi connectivity index (χ1n) is 2.92. The highest BCUT2D eigenvalue weighted by Gasteiger charge is 2.07. The number of H-pyrrole nitrogens is 1. The van der Waals surface area contributed by atoms with E-state index in [0.717, 1.165) is 0 Å². The van der Waals surface area contributed by atoms with E-state index in [4.69, 9.17) is 0 Å². The Morgan fingerprint density at radius 1 is 1.67 bits per heavy atom. The van der Waals surface area contributed by atoms with Gasteiger partial charge >= 0.3 is 0 Å². The zero-order valence-corrected chi connectivity index (χ0v) is 6.88. The summed E-state index contributed by atoms with van der Waals surface area (Å²) in [5, 5.41) is 14.6. The molecule has 1 aromatic heterocycles. The van der Waals surface area contributed by atoms with Gasteiger partial charge in [-0.25, -0.2) is 4.21 Å². The van der Waals surface area contributed by atoms with Gasteiger partial charge in [0.25, 0.3) is 11.9 Å². The Morgan fingerprint density at radius 3 is 2.92 bits per heavy atom. The van der Waals surface area contributed by atoms with Crippen LogP contribution in [0, 0.1) is 0 Å². The van der Waals surface area contributed by atoms with Gasteiger partial charge in [-0.2, -0.15) is 5.21 Å². The summed E-state index contributed by atoms with van der Waals surface area (Å²) in [6.07, 6.45) is 0. The maximum Gasteiger partial charge on any atom is 0.270 e. The Hall–Kier alpha value is -1.57. The van der Waals surface area contributed by atoms with Crippen molar-refractivity contribution in [2.45, 2.75) is 6.92 Å². The number of aromatic amines is 1. The molecule has 0 saturated carbocycles. The van der Waals surface area contributed by atoms with Crippen LogP contribution in [-0.4, -0.2) is 35.6 Å². The van der Waals surface area contributed by atoms with Crippen LogP contribution in [0.5, 0.6) is 0 Å². The Morgan fingerprint density at radius 2 is 2.42 bits per heavy atom. The normalized spacial score (nSPS) is 9.08. The molecule has 0 saturated heterocycles. The van der Waals surface area contributed by atoms with Crippen molar-refractivity contribution >= 4 is 28.0 Å². The lowest BCUT2D eigenvalue weighted by Crippen LogP contribution is -2.20. The number of nitrogens with zero attached hydrogens (tertiary/aromatic N) is 3. The van der Waals surface area contributed by atoms with Gasteiger partial charge in [0.15, 0.2) is 0 Å². The molecule has 64 valence electrons. The minimum atomic E-state index is -0.517. The fourth-order valence-corrected chi connectivity index (χ4v) is 0.569. The number of rotatable bonds is 2. The van der Waals surface area contributed by atoms with Crippen LogP contribution < -0.4 is 5.32 Å². The van der Waals surface area contributed by atoms with Crippen LogP contribution in [0.2, 0.25) is 0 Å². The van der Waals surface area contributed by atoms with Gasteiger partial charge in [-0.1, -0.05) is 5.10 Å². The summed E-state index contributed by atoms with van der Waals surface area (Å²) in [5.41, 5.74) is 0. The third-order valence-electron chi connectivity index (χ3n) is 1.02. The molecule has 1 heterocycles. The van der Waals surface area contributed by atoms with Gasteiger partial charge in [0.2, 0.25) is 0 Å². The van der Waals surface area contributed by atoms with E-state index in [9.17, 15) is 9.00 Å². The SMILES string of the molecule is CC(=S=O)C(=O)Nc1nn[nH]n1. The second-order valence-electron chi connectivity index (χ2n) is 1.83. The Labute approximate surface area is 70.6 Å². The average Bonchev–Trinajstić information content (AvgIpc) is 2.55. The largest absolute Gasteiger partial charge is 0.287 e. The molecule has 0 aromatic carbocycles. The van der Waals surface area contributed by atoms with Crippen LogP contribution in [0.3, 0.4) is 0 Å². The van der Waals surface area contributed by atoms with Crippen molar-refractivity contribution < 1.29 is 9.00 Å². The Bertz CT molecular complexity index is 327. The van der Waals surface area contributed by atoms with Crippen molar-refractivity contribution in [1.82, 2.24) is 20.6 Å². The van der Waals surface area contributed by atoms with Crippen molar-refractivity contribution in [3.8, 4) is 0 Å². The van der Waals surface area contributed by atoms with Crippen LogP contribution in [-0.2, 0) is 16.1 Å². The first kappa shape index (κ1) is 8.53. The molecular formula is C4H5N5O2S. The summed E-state index contributed by atoms with van der Waals surface area (Å²) in [5.74, 6) is -0.468. The first-order valence-corrected chi connectivity index (χ1v) is 3.66. The van der Waals surface area contributed by atoms with Crippen molar-refractivity contribution in [1.29, 1.82) is 0 Å². The number of anilines is 1. The average molecular weight is 187 g/mol. The molecular weight excluding hydrogens is 182 g/mol.